The van der Waals surface area contributed by atoms with Crippen LogP contribution in [0.2, 0.25) is 0 Å². The molecule has 0 unspecified atom stereocenters. The number of nitrogens with one attached hydrogen (secondary N) is 1. The average molecular weight is 369 g/mol. The van der Waals surface area contributed by atoms with Gasteiger partial charge in [0.2, 0.25) is 0 Å². The molecule has 0 aromatic heterocycles. The summed E-state index contributed by atoms with van der Waals surface area (Å²) < 4.78 is 13.7. The lowest BCUT2D eigenvalue weighted by atomic mass is 10.3. The number of ether oxygens (including phenoxy) is 1. The molecule has 0 rings (SSSR count). The molecule has 132 valence electrons. The minimum absolute atomic E-state index is 0.0122. The molecule has 0 saturated heterocycles. The molecule has 0 saturated carbocycles. The summed E-state index contributed by atoms with van der Waals surface area (Å²) in [6, 6.07) is 0. The van der Waals surface area contributed by atoms with E-state index in [1.165, 1.54) is 14.2 Å². The molecule has 0 aliphatic rings. The number of hydrogen-bond donors (Lipinski definition) is 2. The number of carboxylic acids is 1. The van der Waals surface area contributed by atoms with Crippen molar-refractivity contribution >= 4 is 48.3 Å². The Kier molecular flexibility index (Phi) is 11.0. The highest BCUT2D eigenvalue weighted by Crippen LogP contribution is 2.17. The molecule has 0 heterocycles. The van der Waals surface area contributed by atoms with E-state index in [-0.39, 0.29) is 18.8 Å². The van der Waals surface area contributed by atoms with Crippen LogP contribution in [0.15, 0.2) is 0 Å². The topological polar surface area (TPSA) is 125 Å². The number of carbonyl (C=O) groups excluding carboxylic acids is 3. The van der Waals surface area contributed by atoms with Crippen molar-refractivity contribution in [3.8, 4) is 0 Å². The first kappa shape index (κ1) is 21.3. The van der Waals surface area contributed by atoms with Gasteiger partial charge in [0.05, 0.1) is 7.11 Å². The number of carbonyl (C=O) groups is 4. The third-order valence-electron chi connectivity index (χ3n) is 2.23. The Morgan fingerprint density at radius 1 is 1.26 bits per heavy atom. The van der Waals surface area contributed by atoms with E-state index >= 15 is 0 Å². The molecule has 0 spiro atoms. The van der Waals surface area contributed by atoms with E-state index in [1.807, 2.05) is 11.6 Å². The van der Waals surface area contributed by atoms with Crippen LogP contribution in [-0.2, 0) is 23.3 Å². The summed E-state index contributed by atoms with van der Waals surface area (Å²) in [5, 5.41) is 8.33. The summed E-state index contributed by atoms with van der Waals surface area (Å²) in [7, 11) is 2.67. The third-order valence-corrected chi connectivity index (χ3v) is 3.66. The maximum Gasteiger partial charge on any atom is 0.434 e. The minimum Gasteiger partial charge on any atom is -0.474 e. The quantitative estimate of drug-likeness (QED) is 0.259. The summed E-state index contributed by atoms with van der Waals surface area (Å²) in [6.07, 6.45) is 0.886. The second-order valence-corrected chi connectivity index (χ2v) is 5.81. The fraction of sp³-hybridized carbons (Fsp3) is 0.636. The molecule has 2 amide bonds. The second-order valence-electron chi connectivity index (χ2n) is 4.04. The fourth-order valence-electron chi connectivity index (χ4n) is 1.09. The van der Waals surface area contributed by atoms with Gasteiger partial charge in [-0.15, -0.1) is 0 Å². The van der Waals surface area contributed by atoms with Gasteiger partial charge in [-0.25, -0.2) is 18.2 Å². The van der Waals surface area contributed by atoms with Gasteiger partial charge in [-0.2, -0.15) is 0 Å². The van der Waals surface area contributed by atoms with Gasteiger partial charge < -0.3 is 14.0 Å². The van der Waals surface area contributed by atoms with Crippen molar-refractivity contribution in [1.29, 1.82) is 0 Å². The molecule has 0 atom stereocenters. The first-order valence-electron chi connectivity index (χ1n) is 6.46. The first-order valence-corrected chi connectivity index (χ1v) is 7.93. The highest BCUT2D eigenvalue weighted by Gasteiger charge is 2.20. The number of esters is 1. The summed E-state index contributed by atoms with van der Waals surface area (Å²) in [4.78, 5) is 44.0. The highest BCUT2D eigenvalue weighted by molar-refractivity contribution is 7.95. The predicted molar refractivity (Wildman–Crippen MR) is 83.7 cm³/mol. The van der Waals surface area contributed by atoms with Crippen molar-refractivity contribution in [2.45, 2.75) is 19.8 Å². The lowest BCUT2D eigenvalue weighted by Crippen LogP contribution is -2.32. The Balaban J connectivity index is 4.33. The maximum absolute atomic E-state index is 11.7. The standard InChI is InChI=1S/C11H19N3O7S2/c1-4-5-6-14(7-8(15)20-3)23-13(2)11(19)21-22-12-9(16)10(17)18/h4-7H2,1-3H3,(H,12,16)(H,17,18). The van der Waals surface area contributed by atoms with E-state index in [9.17, 15) is 19.2 Å². The van der Waals surface area contributed by atoms with Crippen molar-refractivity contribution in [2.24, 2.45) is 0 Å². The molecule has 0 bridgehead atoms. The van der Waals surface area contributed by atoms with Crippen LogP contribution in [0.25, 0.3) is 0 Å². The van der Waals surface area contributed by atoms with Crippen LogP contribution in [-0.4, -0.2) is 64.9 Å². The number of nitrogens with zero attached hydrogens (tertiary/aromatic N) is 2. The first-order chi connectivity index (χ1) is 10.8. The van der Waals surface area contributed by atoms with Gasteiger partial charge in [-0.1, -0.05) is 13.3 Å². The normalized spacial score (nSPS) is 10.1. The van der Waals surface area contributed by atoms with Gasteiger partial charge in [-0.3, -0.25) is 14.3 Å². The van der Waals surface area contributed by atoms with E-state index in [0.717, 1.165) is 29.3 Å². The van der Waals surface area contributed by atoms with Gasteiger partial charge in [0.25, 0.3) is 0 Å². The van der Waals surface area contributed by atoms with Gasteiger partial charge in [0.1, 0.15) is 6.54 Å². The van der Waals surface area contributed by atoms with Gasteiger partial charge in [0, 0.05) is 25.7 Å². The van der Waals surface area contributed by atoms with E-state index in [2.05, 4.69) is 8.92 Å². The zero-order valence-electron chi connectivity index (χ0n) is 12.9. The molecule has 0 fully saturated rings. The van der Waals surface area contributed by atoms with Gasteiger partial charge >= 0.3 is 23.9 Å². The zero-order chi connectivity index (χ0) is 17.8. The Morgan fingerprint density at radius 3 is 2.43 bits per heavy atom. The van der Waals surface area contributed by atoms with Crippen LogP contribution in [0.1, 0.15) is 19.8 Å². The summed E-state index contributed by atoms with van der Waals surface area (Å²) >= 11 is 1.14. The SMILES string of the molecule is CCCCN(CC(=O)OC)SN(C)C(=O)OSNC(=O)C(=O)O. The van der Waals surface area contributed by atoms with E-state index in [0.29, 0.717) is 6.54 Å². The van der Waals surface area contributed by atoms with Crippen molar-refractivity contribution in [3.63, 3.8) is 0 Å². The van der Waals surface area contributed by atoms with Crippen LogP contribution >= 0.6 is 24.4 Å². The molecule has 0 aromatic rings. The lowest BCUT2D eigenvalue weighted by Gasteiger charge is -2.24. The number of amides is 2. The van der Waals surface area contributed by atoms with Crippen LogP contribution in [0.5, 0.6) is 0 Å². The zero-order valence-corrected chi connectivity index (χ0v) is 14.6. The van der Waals surface area contributed by atoms with Gasteiger partial charge in [-0.05, 0) is 6.42 Å². The number of hydrogen-bond acceptors (Lipinski definition) is 9. The summed E-state index contributed by atoms with van der Waals surface area (Å²) in [6.45, 7) is 2.53. The fourth-order valence-corrected chi connectivity index (χ4v) is 2.35. The Morgan fingerprint density at radius 2 is 1.91 bits per heavy atom. The number of carboxylic acid groups (broad SMARTS) is 1. The Bertz CT molecular complexity index is 436. The molecular weight excluding hydrogens is 350 g/mol. The second kappa shape index (κ2) is 11.8. The Hall–Kier alpha value is -1.66. The monoisotopic (exact) mass is 369 g/mol. The Labute approximate surface area is 142 Å². The van der Waals surface area contributed by atoms with Crippen molar-refractivity contribution in [1.82, 2.24) is 13.3 Å². The molecule has 23 heavy (non-hydrogen) atoms. The smallest absolute Gasteiger partial charge is 0.434 e. The summed E-state index contributed by atoms with van der Waals surface area (Å²) in [5.41, 5.74) is 0. The average Bonchev–Trinajstić information content (AvgIpc) is 2.51. The predicted octanol–water partition coefficient (Wildman–Crippen LogP) is 0.657. The lowest BCUT2D eigenvalue weighted by molar-refractivity contribution is -0.149. The van der Waals surface area contributed by atoms with E-state index in [4.69, 9.17) is 5.11 Å². The number of unbranched alkanes of at least 4 members (excludes halogenated alkanes) is 1. The molecule has 0 aliphatic heterocycles. The molecule has 0 radical (unpaired) electrons. The molecule has 0 aromatic carbocycles. The van der Waals surface area contributed by atoms with Crippen molar-refractivity contribution in [2.75, 3.05) is 27.2 Å². The molecular formula is C11H19N3O7S2. The maximum atomic E-state index is 11.7. The van der Waals surface area contributed by atoms with Crippen LogP contribution < -0.4 is 4.72 Å². The van der Waals surface area contributed by atoms with Crippen molar-refractivity contribution < 1.29 is 33.2 Å². The van der Waals surface area contributed by atoms with Crippen LogP contribution in [0.3, 0.4) is 0 Å². The third kappa shape index (κ3) is 9.86. The minimum atomic E-state index is -1.69. The van der Waals surface area contributed by atoms with Crippen molar-refractivity contribution in [3.05, 3.63) is 0 Å². The van der Waals surface area contributed by atoms with E-state index < -0.39 is 23.9 Å². The number of rotatable bonds is 9. The molecule has 10 nitrogen and oxygen atoms in total. The number of aliphatic carboxylic acids is 1. The molecule has 12 heteroatoms. The largest absolute Gasteiger partial charge is 0.474 e. The summed E-state index contributed by atoms with van der Waals surface area (Å²) in [5.74, 6) is -3.45. The van der Waals surface area contributed by atoms with Gasteiger partial charge in [0.15, 0.2) is 12.2 Å². The number of methoxy groups -OCH3 is 1. The van der Waals surface area contributed by atoms with Crippen LogP contribution in [0.4, 0.5) is 4.79 Å². The van der Waals surface area contributed by atoms with Crippen LogP contribution in [0, 0.1) is 0 Å². The molecule has 2 N–H and O–H groups in total. The highest BCUT2D eigenvalue weighted by atomic mass is 32.2. The van der Waals surface area contributed by atoms with E-state index in [1.54, 1.807) is 4.31 Å². The molecule has 0 aliphatic carbocycles.